The van der Waals surface area contributed by atoms with Crippen molar-refractivity contribution in [3.05, 3.63) is 72.3 Å². The Balaban J connectivity index is 0.00000387. The van der Waals surface area contributed by atoms with Crippen LogP contribution in [0.3, 0.4) is 0 Å². The Labute approximate surface area is 242 Å². The van der Waals surface area contributed by atoms with Crippen LogP contribution in [0, 0.1) is 5.41 Å². The number of nitrogens with one attached hydrogen (secondary N) is 3. The number of Topliss-reactive ketones (excluding diaryl/α,β-unsaturated/α-hetero) is 1. The molecule has 5 rings (SSSR count). The normalized spacial score (nSPS) is 17.6. The third-order valence-electron chi connectivity index (χ3n) is 6.87. The number of ketones is 1. The zero-order chi connectivity index (χ0) is 28.4. The summed E-state index contributed by atoms with van der Waals surface area (Å²) in [6.07, 6.45) is -0.491. The van der Waals surface area contributed by atoms with E-state index in [1.54, 1.807) is 41.3 Å². The molecule has 0 spiro atoms. The molecule has 0 aliphatic carbocycles. The van der Waals surface area contributed by atoms with Crippen molar-refractivity contribution in [2.45, 2.75) is 17.0 Å². The molecule has 41 heavy (non-hydrogen) atoms. The maximum absolute atomic E-state index is 13.4. The Morgan fingerprint density at radius 2 is 1.78 bits per heavy atom. The van der Waals surface area contributed by atoms with Crippen LogP contribution < -0.4 is 20.7 Å². The van der Waals surface area contributed by atoms with Crippen LogP contribution in [0.25, 0.3) is 10.8 Å². The number of anilines is 1. The first kappa shape index (κ1) is 29.9. The van der Waals surface area contributed by atoms with Crippen LogP contribution in [0.4, 0.5) is 5.69 Å². The molecule has 2 aliphatic rings. The first-order valence-corrected chi connectivity index (χ1v) is 14.1. The Hall–Kier alpha value is -4.04. The van der Waals surface area contributed by atoms with Gasteiger partial charge < -0.3 is 25.6 Å². The van der Waals surface area contributed by atoms with E-state index in [0.29, 0.717) is 24.2 Å². The Kier molecular flexibility index (Phi) is 8.92. The molecule has 2 amide bonds. The van der Waals surface area contributed by atoms with Crippen LogP contribution in [0.5, 0.6) is 0 Å². The topological polar surface area (TPSA) is 175 Å². The molecule has 0 radical (unpaired) electrons. The van der Waals surface area contributed by atoms with Gasteiger partial charge in [-0.2, -0.15) is 4.72 Å². The number of amides is 2. The number of nitrogens with two attached hydrogens (primary N) is 1. The van der Waals surface area contributed by atoms with Crippen molar-refractivity contribution < 1.29 is 27.5 Å². The predicted molar refractivity (Wildman–Crippen MR) is 155 cm³/mol. The molecule has 5 N–H and O–H groups in total. The lowest BCUT2D eigenvalue weighted by atomic mass is 10.1. The minimum absolute atomic E-state index is 0. The summed E-state index contributed by atoms with van der Waals surface area (Å²) in [5.74, 6) is -2.40. The lowest BCUT2D eigenvalue weighted by Gasteiger charge is -2.33. The van der Waals surface area contributed by atoms with E-state index in [9.17, 15) is 22.8 Å². The van der Waals surface area contributed by atoms with Crippen molar-refractivity contribution in [2.75, 3.05) is 37.7 Å². The van der Waals surface area contributed by atoms with Crippen molar-refractivity contribution in [1.82, 2.24) is 14.9 Å². The summed E-state index contributed by atoms with van der Waals surface area (Å²) >= 11 is 0. The highest BCUT2D eigenvalue weighted by Gasteiger charge is 2.39. The molecule has 12 nitrogen and oxygen atoms in total. The minimum atomic E-state index is -4.23. The van der Waals surface area contributed by atoms with E-state index in [1.165, 1.54) is 18.2 Å². The van der Waals surface area contributed by atoms with E-state index in [-0.39, 0.29) is 41.9 Å². The molecule has 216 valence electrons. The van der Waals surface area contributed by atoms with E-state index < -0.39 is 46.3 Å². The number of carbonyl (C=O) groups is 3. The Morgan fingerprint density at radius 1 is 1.07 bits per heavy atom. The third kappa shape index (κ3) is 6.33. The maximum Gasteiger partial charge on any atom is 0.299 e. The number of hydrogen-bond donors (Lipinski definition) is 4. The van der Waals surface area contributed by atoms with Crippen LogP contribution in [-0.4, -0.2) is 81.8 Å². The number of rotatable bonds is 8. The second-order valence-electron chi connectivity index (χ2n) is 9.51. The highest BCUT2D eigenvalue weighted by molar-refractivity contribution is 7.89. The average molecular weight is 601 g/mol. The second kappa shape index (κ2) is 12.2. The van der Waals surface area contributed by atoms with Gasteiger partial charge in [0, 0.05) is 19.6 Å². The summed E-state index contributed by atoms with van der Waals surface area (Å²) in [7, 11) is -4.23. The highest BCUT2D eigenvalue weighted by atomic mass is 35.5. The van der Waals surface area contributed by atoms with E-state index >= 15 is 0 Å². The van der Waals surface area contributed by atoms with Gasteiger partial charge in [-0.1, -0.05) is 42.5 Å². The fourth-order valence-electron chi connectivity index (χ4n) is 4.77. The smallest absolute Gasteiger partial charge is 0.299 e. The van der Waals surface area contributed by atoms with E-state index in [2.05, 4.69) is 10.0 Å². The van der Waals surface area contributed by atoms with Crippen molar-refractivity contribution in [2.24, 2.45) is 5.73 Å². The van der Waals surface area contributed by atoms with Gasteiger partial charge in [0.25, 0.3) is 11.7 Å². The molecule has 1 saturated heterocycles. The number of benzene rings is 3. The zero-order valence-corrected chi connectivity index (χ0v) is 23.4. The summed E-state index contributed by atoms with van der Waals surface area (Å²) in [4.78, 5) is 41.4. The van der Waals surface area contributed by atoms with Crippen molar-refractivity contribution in [3.63, 3.8) is 0 Å². The molecular weight excluding hydrogens is 572 g/mol. The first-order valence-electron chi connectivity index (χ1n) is 12.6. The molecule has 3 aromatic carbocycles. The van der Waals surface area contributed by atoms with Crippen LogP contribution in [0.1, 0.15) is 10.4 Å². The van der Waals surface area contributed by atoms with Gasteiger partial charge in [0.05, 0.1) is 35.4 Å². The number of carbonyl (C=O) groups excluding carboxylic acids is 3. The molecule has 0 aromatic heterocycles. The summed E-state index contributed by atoms with van der Waals surface area (Å²) < 4.78 is 35.0. The molecule has 0 bridgehead atoms. The second-order valence-corrected chi connectivity index (χ2v) is 11.2. The SMILES string of the molecule is Cl.N=C(N)N1CCOC(CNC(=O)[C@@H](CN2C(=O)C(=O)c3ccccc32)NS(=O)(=O)c2ccc3ccccc3c2)C1. The number of fused-ring (bicyclic) bond motifs is 2. The van der Waals surface area contributed by atoms with Gasteiger partial charge in [-0.25, -0.2) is 8.42 Å². The minimum Gasteiger partial charge on any atom is -0.373 e. The van der Waals surface area contributed by atoms with Crippen molar-refractivity contribution in [1.29, 1.82) is 5.41 Å². The number of ether oxygens (including phenoxy) is 1. The number of halogens is 1. The van der Waals surface area contributed by atoms with Gasteiger partial charge in [-0.05, 0) is 35.0 Å². The molecule has 3 aromatic rings. The van der Waals surface area contributed by atoms with Crippen LogP contribution >= 0.6 is 12.4 Å². The third-order valence-corrected chi connectivity index (χ3v) is 8.34. The van der Waals surface area contributed by atoms with Gasteiger partial charge in [0.15, 0.2) is 5.96 Å². The van der Waals surface area contributed by atoms with E-state index in [4.69, 9.17) is 15.9 Å². The highest BCUT2D eigenvalue weighted by Crippen LogP contribution is 2.29. The van der Waals surface area contributed by atoms with Gasteiger partial charge in [0.2, 0.25) is 15.9 Å². The number of hydrogen-bond acceptors (Lipinski definition) is 7. The van der Waals surface area contributed by atoms with Crippen LogP contribution in [-0.2, 0) is 24.3 Å². The lowest BCUT2D eigenvalue weighted by Crippen LogP contribution is -2.56. The maximum atomic E-state index is 13.4. The van der Waals surface area contributed by atoms with Crippen LogP contribution in [0.2, 0.25) is 0 Å². The van der Waals surface area contributed by atoms with Gasteiger partial charge in [0.1, 0.15) is 6.04 Å². The molecule has 0 saturated carbocycles. The van der Waals surface area contributed by atoms with Gasteiger partial charge >= 0.3 is 0 Å². The average Bonchev–Trinajstić information content (AvgIpc) is 3.20. The molecule has 2 atom stereocenters. The molecule has 1 unspecified atom stereocenters. The molecular formula is C27H29ClN6O6S. The Morgan fingerprint density at radius 3 is 2.54 bits per heavy atom. The fourth-order valence-corrected chi connectivity index (χ4v) is 6.00. The number of sulfonamides is 1. The van der Waals surface area contributed by atoms with Gasteiger partial charge in [-0.15, -0.1) is 12.4 Å². The quantitative estimate of drug-likeness (QED) is 0.167. The standard InChI is InChI=1S/C27H28N6O6S.ClH/c28-27(29)32-11-12-39-19(15-32)14-30-25(35)22(16-33-23-8-4-3-7-21(23)24(34)26(33)36)31-40(37,38)20-10-9-17-5-1-2-6-18(17)13-20;/h1-10,13,19,22,31H,11-12,14-16H2,(H3,28,29)(H,30,35);1H/t19?,22-;/m1./s1. The number of para-hydroxylation sites is 1. The van der Waals surface area contributed by atoms with E-state index in [0.717, 1.165) is 10.3 Å². The lowest BCUT2D eigenvalue weighted by molar-refractivity contribution is -0.123. The number of guanidine groups is 1. The fraction of sp³-hybridized carbons (Fsp3) is 0.259. The van der Waals surface area contributed by atoms with Gasteiger partial charge in [-0.3, -0.25) is 19.8 Å². The molecule has 2 aliphatic heterocycles. The molecule has 1 fully saturated rings. The Bertz CT molecular complexity index is 1620. The number of nitrogens with zero attached hydrogens (tertiary/aromatic N) is 2. The summed E-state index contributed by atoms with van der Waals surface area (Å²) in [5.41, 5.74) is 6.06. The zero-order valence-electron chi connectivity index (χ0n) is 21.8. The largest absolute Gasteiger partial charge is 0.373 e. The summed E-state index contributed by atoms with van der Waals surface area (Å²) in [5, 5.41) is 11.9. The first-order chi connectivity index (χ1) is 19.1. The van der Waals surface area contributed by atoms with Crippen molar-refractivity contribution >= 4 is 62.4 Å². The summed E-state index contributed by atoms with van der Waals surface area (Å²) in [6, 6.07) is 16.8. The predicted octanol–water partition coefficient (Wildman–Crippen LogP) is 0.848. The van der Waals surface area contributed by atoms with Crippen molar-refractivity contribution in [3.8, 4) is 0 Å². The number of morpholine rings is 1. The molecule has 14 heteroatoms. The molecule has 2 heterocycles. The van der Waals surface area contributed by atoms with Crippen LogP contribution in [0.15, 0.2) is 71.6 Å². The monoisotopic (exact) mass is 600 g/mol. The summed E-state index contributed by atoms with van der Waals surface area (Å²) in [6.45, 7) is 0.624. The van der Waals surface area contributed by atoms with E-state index in [1.807, 2.05) is 12.1 Å².